The van der Waals surface area contributed by atoms with E-state index in [1.54, 1.807) is 6.20 Å². The lowest BCUT2D eigenvalue weighted by Crippen LogP contribution is -2.14. The zero-order valence-corrected chi connectivity index (χ0v) is 10.6. The van der Waals surface area contributed by atoms with E-state index in [2.05, 4.69) is 9.97 Å². The van der Waals surface area contributed by atoms with Crippen molar-refractivity contribution in [2.45, 2.75) is 12.5 Å². The fraction of sp³-hybridized carbons (Fsp3) is 0.286. The number of aromatic nitrogens is 2. The zero-order valence-electron chi connectivity index (χ0n) is 10.6. The zero-order chi connectivity index (χ0) is 13.0. The molecule has 0 saturated carbocycles. The largest absolute Gasteiger partial charge is 0.388 e. The van der Waals surface area contributed by atoms with Crippen molar-refractivity contribution in [2.24, 2.45) is 0 Å². The summed E-state index contributed by atoms with van der Waals surface area (Å²) < 4.78 is 0. The number of hydrogen-bond acceptors (Lipinski definition) is 4. The molecule has 0 saturated heterocycles. The lowest BCUT2D eigenvalue weighted by atomic mass is 10.1. The molecular formula is C14H17N3O. The van der Waals surface area contributed by atoms with Crippen molar-refractivity contribution >= 4 is 5.95 Å². The quantitative estimate of drug-likeness (QED) is 0.890. The second-order valence-electron chi connectivity index (χ2n) is 4.37. The molecule has 0 bridgehead atoms. The summed E-state index contributed by atoms with van der Waals surface area (Å²) in [6.45, 7) is 0. The summed E-state index contributed by atoms with van der Waals surface area (Å²) in [6, 6.07) is 11.4. The minimum atomic E-state index is -0.531. The minimum Gasteiger partial charge on any atom is -0.388 e. The van der Waals surface area contributed by atoms with Crippen LogP contribution in [-0.2, 0) is 6.42 Å². The topological polar surface area (TPSA) is 49.2 Å². The van der Waals surface area contributed by atoms with E-state index < -0.39 is 6.10 Å². The van der Waals surface area contributed by atoms with Crippen LogP contribution >= 0.6 is 0 Å². The summed E-state index contributed by atoms with van der Waals surface area (Å²) in [6.07, 6.45) is 1.68. The van der Waals surface area contributed by atoms with E-state index in [0.717, 1.165) is 11.3 Å². The summed E-state index contributed by atoms with van der Waals surface area (Å²) >= 11 is 0. The molecule has 1 atom stereocenters. The van der Waals surface area contributed by atoms with Gasteiger partial charge in [0.05, 0.1) is 6.10 Å². The molecule has 0 fully saturated rings. The molecule has 1 N–H and O–H groups in total. The van der Waals surface area contributed by atoms with E-state index in [9.17, 15) is 5.11 Å². The van der Waals surface area contributed by atoms with Crippen molar-refractivity contribution in [3.8, 4) is 0 Å². The van der Waals surface area contributed by atoms with Gasteiger partial charge in [0.2, 0.25) is 5.95 Å². The third kappa shape index (κ3) is 3.05. The normalized spacial score (nSPS) is 12.2. The first kappa shape index (κ1) is 12.5. The van der Waals surface area contributed by atoms with Crippen LogP contribution in [0, 0.1) is 0 Å². The van der Waals surface area contributed by atoms with Gasteiger partial charge in [0.1, 0.15) is 0 Å². The van der Waals surface area contributed by atoms with Gasteiger partial charge in [-0.05, 0) is 11.6 Å². The van der Waals surface area contributed by atoms with Crippen molar-refractivity contribution in [1.29, 1.82) is 0 Å². The Kier molecular flexibility index (Phi) is 3.89. The smallest absolute Gasteiger partial charge is 0.224 e. The monoisotopic (exact) mass is 243 g/mol. The number of aliphatic hydroxyl groups is 1. The number of rotatable bonds is 4. The van der Waals surface area contributed by atoms with Gasteiger partial charge >= 0.3 is 0 Å². The van der Waals surface area contributed by atoms with Crippen LogP contribution in [0.15, 0.2) is 42.6 Å². The Morgan fingerprint density at radius 3 is 2.56 bits per heavy atom. The predicted octanol–water partition coefficient (Wildman–Crippen LogP) is 1.82. The van der Waals surface area contributed by atoms with Crippen LogP contribution in [0.4, 0.5) is 5.95 Å². The first-order chi connectivity index (χ1) is 8.66. The first-order valence-electron chi connectivity index (χ1n) is 5.89. The van der Waals surface area contributed by atoms with Crippen molar-refractivity contribution in [2.75, 3.05) is 19.0 Å². The van der Waals surface area contributed by atoms with Crippen molar-refractivity contribution in [3.05, 3.63) is 53.9 Å². The Morgan fingerprint density at radius 1 is 1.17 bits per heavy atom. The van der Waals surface area contributed by atoms with Gasteiger partial charge in [-0.1, -0.05) is 30.3 Å². The summed E-state index contributed by atoms with van der Waals surface area (Å²) in [7, 11) is 3.79. The summed E-state index contributed by atoms with van der Waals surface area (Å²) in [5.74, 6) is 0.660. The molecule has 4 heteroatoms. The number of aliphatic hydroxyl groups excluding tert-OH is 1. The Hall–Kier alpha value is -1.94. The van der Waals surface area contributed by atoms with E-state index in [1.807, 2.05) is 55.4 Å². The van der Waals surface area contributed by atoms with Crippen LogP contribution in [0.25, 0.3) is 0 Å². The Morgan fingerprint density at radius 2 is 1.89 bits per heavy atom. The lowest BCUT2D eigenvalue weighted by molar-refractivity contribution is 0.177. The maximum atomic E-state index is 10.1. The molecule has 4 nitrogen and oxygen atoms in total. The highest BCUT2D eigenvalue weighted by molar-refractivity contribution is 5.28. The highest BCUT2D eigenvalue weighted by Crippen LogP contribution is 2.17. The van der Waals surface area contributed by atoms with Crippen LogP contribution in [0.1, 0.15) is 17.4 Å². The molecule has 0 aliphatic carbocycles. The molecule has 0 aliphatic heterocycles. The standard InChI is InChI=1S/C14H17N3O/c1-17(2)14-15-9-8-12(16-14)10-13(18)11-6-4-3-5-7-11/h3-9,13,18H,10H2,1-2H3. The van der Waals surface area contributed by atoms with Crippen LogP contribution in [0.3, 0.4) is 0 Å². The maximum absolute atomic E-state index is 10.1. The van der Waals surface area contributed by atoms with Crippen LogP contribution in [0.2, 0.25) is 0 Å². The van der Waals surface area contributed by atoms with Crippen LogP contribution < -0.4 is 4.90 Å². The Bertz CT molecular complexity index is 499. The molecule has 94 valence electrons. The second-order valence-corrected chi connectivity index (χ2v) is 4.37. The van der Waals surface area contributed by atoms with Gasteiger partial charge in [-0.15, -0.1) is 0 Å². The fourth-order valence-corrected chi connectivity index (χ4v) is 1.70. The number of nitrogens with zero attached hydrogens (tertiary/aromatic N) is 3. The maximum Gasteiger partial charge on any atom is 0.224 e. The van der Waals surface area contributed by atoms with E-state index in [1.165, 1.54) is 0 Å². The molecule has 0 spiro atoms. The SMILES string of the molecule is CN(C)c1nccc(CC(O)c2ccccc2)n1. The average molecular weight is 243 g/mol. The van der Waals surface area contributed by atoms with Crippen LogP contribution in [0.5, 0.6) is 0 Å². The fourth-order valence-electron chi connectivity index (χ4n) is 1.70. The van der Waals surface area contributed by atoms with E-state index in [4.69, 9.17) is 0 Å². The first-order valence-corrected chi connectivity index (χ1v) is 5.89. The van der Waals surface area contributed by atoms with Gasteiger partial charge in [0.25, 0.3) is 0 Å². The van der Waals surface area contributed by atoms with Gasteiger partial charge in [0.15, 0.2) is 0 Å². The third-order valence-corrected chi connectivity index (χ3v) is 2.69. The predicted molar refractivity (Wildman–Crippen MR) is 71.5 cm³/mol. The highest BCUT2D eigenvalue weighted by atomic mass is 16.3. The number of hydrogen-bond donors (Lipinski definition) is 1. The van der Waals surface area contributed by atoms with E-state index >= 15 is 0 Å². The molecule has 2 rings (SSSR count). The van der Waals surface area contributed by atoms with Crippen molar-refractivity contribution in [3.63, 3.8) is 0 Å². The lowest BCUT2D eigenvalue weighted by Gasteiger charge is -2.13. The molecule has 1 heterocycles. The Labute approximate surface area is 107 Å². The second kappa shape index (κ2) is 5.60. The summed E-state index contributed by atoms with van der Waals surface area (Å²) in [5.41, 5.74) is 1.74. The Balaban J connectivity index is 2.12. The average Bonchev–Trinajstić information content (AvgIpc) is 2.40. The molecule has 18 heavy (non-hydrogen) atoms. The third-order valence-electron chi connectivity index (χ3n) is 2.69. The molecule has 1 aromatic carbocycles. The van der Waals surface area contributed by atoms with Crippen molar-refractivity contribution < 1.29 is 5.11 Å². The number of benzene rings is 1. The molecule has 0 aliphatic rings. The van der Waals surface area contributed by atoms with Gasteiger partial charge < -0.3 is 10.0 Å². The molecule has 1 unspecified atom stereocenters. The molecule has 0 amide bonds. The minimum absolute atomic E-state index is 0.493. The summed E-state index contributed by atoms with van der Waals surface area (Å²) in [5, 5.41) is 10.1. The molecule has 1 aromatic heterocycles. The van der Waals surface area contributed by atoms with Crippen molar-refractivity contribution in [1.82, 2.24) is 9.97 Å². The van der Waals surface area contributed by atoms with Gasteiger partial charge in [-0.2, -0.15) is 0 Å². The van der Waals surface area contributed by atoms with Gasteiger partial charge in [-0.3, -0.25) is 0 Å². The van der Waals surface area contributed by atoms with E-state index in [-0.39, 0.29) is 0 Å². The molecular weight excluding hydrogens is 226 g/mol. The number of anilines is 1. The highest BCUT2D eigenvalue weighted by Gasteiger charge is 2.10. The van der Waals surface area contributed by atoms with Gasteiger partial charge in [0, 0.05) is 32.4 Å². The molecule has 0 radical (unpaired) electrons. The summed E-state index contributed by atoms with van der Waals surface area (Å²) in [4.78, 5) is 10.4. The van der Waals surface area contributed by atoms with Crippen LogP contribution in [-0.4, -0.2) is 29.2 Å². The van der Waals surface area contributed by atoms with E-state index in [0.29, 0.717) is 12.4 Å². The molecule has 2 aromatic rings. The van der Waals surface area contributed by atoms with Gasteiger partial charge in [-0.25, -0.2) is 9.97 Å².